The molecule has 1 N–H and O–H groups in total. The molecule has 0 aliphatic rings. The Kier molecular flexibility index (Phi) is 10.4. The van der Waals surface area contributed by atoms with Crippen LogP contribution in [0, 0.1) is 0 Å². The molecule has 3 rings (SSSR count). The predicted molar refractivity (Wildman–Crippen MR) is 158 cm³/mol. The van der Waals surface area contributed by atoms with Gasteiger partial charge in [-0.25, -0.2) is 0 Å². The molecule has 2 amide bonds. The van der Waals surface area contributed by atoms with E-state index >= 15 is 0 Å². The molecule has 3 aromatic carbocycles. The highest BCUT2D eigenvalue weighted by molar-refractivity contribution is 6.10. The quantitative estimate of drug-likeness (QED) is 0.148. The Labute approximate surface area is 259 Å². The Balaban J connectivity index is 2.34. The summed E-state index contributed by atoms with van der Waals surface area (Å²) in [6.07, 6.45) is -8.09. The molecular weight excluding hydrogens is 618 g/mol. The number of carbonyl (C=O) groups excluding carboxylic acids is 5. The fourth-order valence-electron chi connectivity index (χ4n) is 5.18. The number of allylic oxidation sites excluding steroid dienone is 2. The summed E-state index contributed by atoms with van der Waals surface area (Å²) in [5.41, 5.74) is -9.41. The van der Waals surface area contributed by atoms with Crippen LogP contribution in [0.2, 0.25) is 0 Å². The van der Waals surface area contributed by atoms with Crippen molar-refractivity contribution in [2.45, 2.75) is 37.5 Å². The molecule has 3 aromatic rings. The number of halogens is 6. The lowest BCUT2D eigenvalue weighted by Crippen LogP contribution is -2.55. The van der Waals surface area contributed by atoms with E-state index in [1.54, 1.807) is 32.1 Å². The molecule has 0 radical (unpaired) electrons. The molecule has 1 atom stereocenters. The molecule has 0 saturated heterocycles. The van der Waals surface area contributed by atoms with E-state index in [0.29, 0.717) is 48.2 Å². The molecule has 242 valence electrons. The SMILES string of the molecule is CC=CC(C)c1cc(C=O)cc(N(C)C(=O)c2cc(C(c3ccc(C(=O)NC)c(C=O)c3)(C(F)(F)F)C(F)(F)F)ccc2C=O)c1. The number of nitrogens with zero attached hydrogens (tertiary/aromatic N) is 1. The summed E-state index contributed by atoms with van der Waals surface area (Å²) in [4.78, 5) is 61.9. The molecule has 13 heteroatoms. The third-order valence-electron chi connectivity index (χ3n) is 7.57. The van der Waals surface area contributed by atoms with Crippen molar-refractivity contribution in [1.29, 1.82) is 0 Å². The van der Waals surface area contributed by atoms with E-state index in [4.69, 9.17) is 0 Å². The molecule has 0 aliphatic heterocycles. The number of aldehydes is 3. The van der Waals surface area contributed by atoms with Crippen molar-refractivity contribution in [3.8, 4) is 0 Å². The molecule has 7 nitrogen and oxygen atoms in total. The van der Waals surface area contributed by atoms with Crippen LogP contribution in [0.3, 0.4) is 0 Å². The Hall–Kier alpha value is -5.07. The average molecular weight is 647 g/mol. The summed E-state index contributed by atoms with van der Waals surface area (Å²) in [7, 11) is 2.34. The second-order valence-corrected chi connectivity index (χ2v) is 10.3. The Morgan fingerprint density at radius 1 is 0.783 bits per heavy atom. The summed E-state index contributed by atoms with van der Waals surface area (Å²) < 4.78 is 89.5. The molecule has 0 aromatic heterocycles. The van der Waals surface area contributed by atoms with Crippen molar-refractivity contribution in [2.75, 3.05) is 19.0 Å². The first-order valence-corrected chi connectivity index (χ1v) is 13.6. The zero-order valence-electron chi connectivity index (χ0n) is 24.9. The fraction of sp³-hybridized carbons (Fsp3) is 0.242. The molecule has 0 bridgehead atoms. The van der Waals surface area contributed by atoms with E-state index in [1.807, 2.05) is 0 Å². The minimum absolute atomic E-state index is 0.0517. The van der Waals surface area contributed by atoms with Gasteiger partial charge in [-0.3, -0.25) is 24.0 Å². The minimum Gasteiger partial charge on any atom is -0.355 e. The van der Waals surface area contributed by atoms with Crippen molar-refractivity contribution in [3.63, 3.8) is 0 Å². The van der Waals surface area contributed by atoms with E-state index in [2.05, 4.69) is 5.32 Å². The van der Waals surface area contributed by atoms with E-state index in [0.717, 1.165) is 11.9 Å². The van der Waals surface area contributed by atoms with Crippen molar-refractivity contribution >= 4 is 36.4 Å². The lowest BCUT2D eigenvalue weighted by atomic mass is 9.71. The molecule has 0 saturated carbocycles. The van der Waals surface area contributed by atoms with Gasteiger partial charge >= 0.3 is 12.4 Å². The summed E-state index contributed by atoms with van der Waals surface area (Å²) in [5.74, 6) is -2.30. The van der Waals surface area contributed by atoms with Gasteiger partial charge in [0.2, 0.25) is 5.41 Å². The maximum absolute atomic E-state index is 14.9. The van der Waals surface area contributed by atoms with Crippen LogP contribution in [0.25, 0.3) is 0 Å². The number of rotatable bonds is 10. The van der Waals surface area contributed by atoms with Gasteiger partial charge in [-0.2, -0.15) is 26.3 Å². The van der Waals surface area contributed by atoms with Crippen LogP contribution in [0.1, 0.15) is 88.2 Å². The van der Waals surface area contributed by atoms with Crippen LogP contribution in [0.15, 0.2) is 66.7 Å². The van der Waals surface area contributed by atoms with Crippen molar-refractivity contribution in [1.82, 2.24) is 5.32 Å². The minimum atomic E-state index is -6.11. The highest BCUT2D eigenvalue weighted by Crippen LogP contribution is 2.56. The number of alkyl halides is 6. The van der Waals surface area contributed by atoms with E-state index in [9.17, 15) is 50.3 Å². The molecule has 1 unspecified atom stereocenters. The van der Waals surface area contributed by atoms with Gasteiger partial charge in [-0.05, 0) is 65.9 Å². The Morgan fingerprint density at radius 2 is 1.37 bits per heavy atom. The second-order valence-electron chi connectivity index (χ2n) is 10.3. The van der Waals surface area contributed by atoms with Crippen molar-refractivity contribution in [3.05, 3.63) is 111 Å². The van der Waals surface area contributed by atoms with Gasteiger partial charge in [0.25, 0.3) is 11.8 Å². The van der Waals surface area contributed by atoms with Gasteiger partial charge in [0.15, 0.2) is 12.6 Å². The third kappa shape index (κ3) is 6.35. The molecule has 0 fully saturated rings. The van der Waals surface area contributed by atoms with Gasteiger partial charge in [0, 0.05) is 42.0 Å². The predicted octanol–water partition coefficient (Wildman–Crippen LogP) is 6.85. The van der Waals surface area contributed by atoms with E-state index in [1.165, 1.54) is 19.2 Å². The summed E-state index contributed by atoms with van der Waals surface area (Å²) in [6.45, 7) is 3.57. The normalized spacial score (nSPS) is 12.8. The van der Waals surface area contributed by atoms with E-state index in [-0.39, 0.29) is 29.7 Å². The maximum Gasteiger partial charge on any atom is 0.411 e. The van der Waals surface area contributed by atoms with Crippen LogP contribution in [0.5, 0.6) is 0 Å². The number of anilines is 1. The largest absolute Gasteiger partial charge is 0.411 e. The van der Waals surface area contributed by atoms with Crippen LogP contribution in [0.4, 0.5) is 32.0 Å². The van der Waals surface area contributed by atoms with Crippen LogP contribution in [-0.2, 0) is 5.41 Å². The highest BCUT2D eigenvalue weighted by atomic mass is 19.4. The Bertz CT molecular complexity index is 1700. The molecule has 0 aliphatic carbocycles. The lowest BCUT2D eigenvalue weighted by molar-refractivity contribution is -0.288. The zero-order chi connectivity index (χ0) is 34.6. The summed E-state index contributed by atoms with van der Waals surface area (Å²) >= 11 is 0. The van der Waals surface area contributed by atoms with Gasteiger partial charge in [0.1, 0.15) is 6.29 Å². The molecule has 0 heterocycles. The van der Waals surface area contributed by atoms with Crippen LogP contribution in [-0.4, -0.2) is 57.1 Å². The average Bonchev–Trinajstić information content (AvgIpc) is 3.02. The number of benzene rings is 3. The first-order valence-electron chi connectivity index (χ1n) is 13.6. The topological polar surface area (TPSA) is 101 Å². The van der Waals surface area contributed by atoms with Crippen molar-refractivity contribution in [2.24, 2.45) is 0 Å². The smallest absolute Gasteiger partial charge is 0.355 e. The monoisotopic (exact) mass is 646 g/mol. The van der Waals surface area contributed by atoms with Crippen LogP contribution < -0.4 is 10.2 Å². The van der Waals surface area contributed by atoms with Gasteiger partial charge in [-0.15, -0.1) is 0 Å². The third-order valence-corrected chi connectivity index (χ3v) is 7.57. The zero-order valence-corrected chi connectivity index (χ0v) is 24.9. The summed E-state index contributed by atoms with van der Waals surface area (Å²) in [5, 5.41) is 2.15. The molecule has 46 heavy (non-hydrogen) atoms. The number of hydrogen-bond acceptors (Lipinski definition) is 5. The number of carbonyl (C=O) groups is 5. The fourth-order valence-corrected chi connectivity index (χ4v) is 5.18. The second kappa shape index (κ2) is 13.5. The number of hydrogen-bond donors (Lipinski definition) is 1. The molecule has 0 spiro atoms. The highest BCUT2D eigenvalue weighted by Gasteiger charge is 2.72. The summed E-state index contributed by atoms with van der Waals surface area (Å²) in [6, 6.07) is 7.21. The standard InChI is InChI=1S/C33H28F6N2O5/c1-5-6-19(2)22-11-20(16-42)12-26(14-22)41(4)30(46)28-15-25(8-7-21(28)17-43)31(32(34,35)36,33(37,38)39)24-9-10-27(29(45)40-3)23(13-24)18-44/h5-19H,1-4H3,(H,40,45). The number of amides is 2. The first-order chi connectivity index (χ1) is 21.5. The molecular formula is C33H28F6N2O5. The first kappa shape index (κ1) is 35.4. The van der Waals surface area contributed by atoms with Gasteiger partial charge in [0.05, 0.1) is 5.56 Å². The Morgan fingerprint density at radius 3 is 1.89 bits per heavy atom. The van der Waals surface area contributed by atoms with Crippen LogP contribution >= 0.6 is 0 Å². The lowest BCUT2D eigenvalue weighted by Gasteiger charge is -2.38. The maximum atomic E-state index is 14.9. The van der Waals surface area contributed by atoms with E-state index < -0.39 is 63.0 Å². The van der Waals surface area contributed by atoms with Gasteiger partial charge < -0.3 is 10.2 Å². The van der Waals surface area contributed by atoms with Gasteiger partial charge in [-0.1, -0.05) is 37.3 Å². The number of nitrogens with one attached hydrogen (secondary N) is 1. The van der Waals surface area contributed by atoms with Crippen molar-refractivity contribution < 1.29 is 50.3 Å².